The summed E-state index contributed by atoms with van der Waals surface area (Å²) in [6.07, 6.45) is 0.646. The van der Waals surface area contributed by atoms with Crippen molar-refractivity contribution in [1.29, 1.82) is 5.26 Å². The van der Waals surface area contributed by atoms with Crippen LogP contribution in [0.15, 0.2) is 54.6 Å². The fourth-order valence-corrected chi connectivity index (χ4v) is 3.40. The van der Waals surface area contributed by atoms with Crippen LogP contribution in [0.5, 0.6) is 0 Å². The van der Waals surface area contributed by atoms with E-state index in [1.54, 1.807) is 12.1 Å². The number of nitrogens with zero attached hydrogens (tertiary/aromatic N) is 3. The first kappa shape index (κ1) is 16.8. The summed E-state index contributed by atoms with van der Waals surface area (Å²) in [7, 11) is 0. The van der Waals surface area contributed by atoms with Crippen molar-refractivity contribution < 1.29 is 4.79 Å². The monoisotopic (exact) mass is 348 g/mol. The molecule has 1 aromatic heterocycles. The second-order valence-electron chi connectivity index (χ2n) is 5.58. The Hall–Kier alpha value is -3.04. The highest BCUT2D eigenvalue weighted by atomic mass is 32.1. The lowest BCUT2D eigenvalue weighted by Gasteiger charge is -2.14. The summed E-state index contributed by atoms with van der Waals surface area (Å²) in [5.41, 5.74) is 2.55. The molecule has 0 aliphatic rings. The van der Waals surface area contributed by atoms with E-state index in [1.165, 1.54) is 18.3 Å². The minimum absolute atomic E-state index is 0.107. The van der Waals surface area contributed by atoms with Crippen molar-refractivity contribution >= 4 is 17.2 Å². The van der Waals surface area contributed by atoms with Crippen LogP contribution in [0.2, 0.25) is 0 Å². The van der Waals surface area contributed by atoms with E-state index >= 15 is 0 Å². The number of carbonyl (C=O) groups excluding carboxylic acids is 1. The van der Waals surface area contributed by atoms with Gasteiger partial charge in [-0.1, -0.05) is 53.8 Å². The molecule has 3 rings (SSSR count). The van der Waals surface area contributed by atoms with Gasteiger partial charge in [0.05, 0.1) is 17.7 Å². The van der Waals surface area contributed by atoms with Gasteiger partial charge in [0.1, 0.15) is 10.0 Å². The minimum atomic E-state index is -0.231. The molecule has 1 N–H and O–H groups in total. The molecule has 0 spiro atoms. The molecular weight excluding hydrogens is 332 g/mol. The number of amides is 1. The average molecular weight is 348 g/mol. The van der Waals surface area contributed by atoms with Crippen LogP contribution in [0.3, 0.4) is 0 Å². The van der Waals surface area contributed by atoms with Gasteiger partial charge in [-0.25, -0.2) is 0 Å². The van der Waals surface area contributed by atoms with Gasteiger partial charge in [-0.3, -0.25) is 4.79 Å². The molecule has 6 heteroatoms. The van der Waals surface area contributed by atoms with E-state index in [9.17, 15) is 4.79 Å². The molecule has 2 aromatic carbocycles. The zero-order chi connectivity index (χ0) is 17.6. The smallest absolute Gasteiger partial charge is 0.217 e. The predicted molar refractivity (Wildman–Crippen MR) is 96.8 cm³/mol. The van der Waals surface area contributed by atoms with Crippen molar-refractivity contribution in [3.8, 4) is 16.6 Å². The highest BCUT2D eigenvalue weighted by molar-refractivity contribution is 7.14. The minimum Gasteiger partial charge on any atom is -0.347 e. The molecule has 124 valence electrons. The van der Waals surface area contributed by atoms with Crippen molar-refractivity contribution in [2.75, 3.05) is 0 Å². The largest absolute Gasteiger partial charge is 0.347 e. The number of nitrogens with one attached hydrogen (secondary N) is 1. The molecule has 0 saturated carbocycles. The van der Waals surface area contributed by atoms with Gasteiger partial charge in [0.15, 0.2) is 0 Å². The summed E-state index contributed by atoms with van der Waals surface area (Å²) < 4.78 is 0. The molecule has 1 atom stereocenters. The van der Waals surface area contributed by atoms with Crippen LogP contribution in [-0.4, -0.2) is 16.1 Å². The Bertz CT molecular complexity index is 914. The van der Waals surface area contributed by atoms with E-state index in [2.05, 4.69) is 21.6 Å². The van der Waals surface area contributed by atoms with E-state index in [1.807, 2.05) is 42.5 Å². The van der Waals surface area contributed by atoms with Crippen LogP contribution < -0.4 is 5.32 Å². The summed E-state index contributed by atoms with van der Waals surface area (Å²) in [4.78, 5) is 11.6. The third kappa shape index (κ3) is 4.28. The normalized spacial score (nSPS) is 11.5. The predicted octanol–water partition coefficient (Wildman–Crippen LogP) is 3.50. The summed E-state index contributed by atoms with van der Waals surface area (Å²) in [5, 5.41) is 22.0. The van der Waals surface area contributed by atoms with Crippen molar-refractivity contribution in [2.45, 2.75) is 19.4 Å². The third-order valence-electron chi connectivity index (χ3n) is 3.64. The number of nitriles is 1. The Labute approximate surface area is 150 Å². The van der Waals surface area contributed by atoms with Gasteiger partial charge in [0.2, 0.25) is 5.91 Å². The zero-order valence-corrected chi connectivity index (χ0v) is 14.5. The van der Waals surface area contributed by atoms with Crippen molar-refractivity contribution in [1.82, 2.24) is 15.5 Å². The van der Waals surface area contributed by atoms with Crippen LogP contribution in [-0.2, 0) is 11.2 Å². The van der Waals surface area contributed by atoms with Crippen molar-refractivity contribution in [2.24, 2.45) is 0 Å². The lowest BCUT2D eigenvalue weighted by Crippen LogP contribution is -2.27. The number of hydrogen-bond acceptors (Lipinski definition) is 5. The molecule has 0 saturated heterocycles. The van der Waals surface area contributed by atoms with Crippen molar-refractivity contribution in [3.05, 3.63) is 70.7 Å². The zero-order valence-electron chi connectivity index (χ0n) is 13.6. The lowest BCUT2D eigenvalue weighted by molar-refractivity contribution is -0.119. The van der Waals surface area contributed by atoms with Gasteiger partial charge in [0.25, 0.3) is 0 Å². The van der Waals surface area contributed by atoms with Crippen LogP contribution in [0.25, 0.3) is 10.6 Å². The Morgan fingerprint density at radius 3 is 2.72 bits per heavy atom. The number of rotatable bonds is 5. The first-order chi connectivity index (χ1) is 12.2. The van der Waals surface area contributed by atoms with Crippen molar-refractivity contribution in [3.63, 3.8) is 0 Å². The molecule has 5 nitrogen and oxygen atoms in total. The van der Waals surface area contributed by atoms with Crippen LogP contribution >= 0.6 is 11.3 Å². The number of benzene rings is 2. The summed E-state index contributed by atoms with van der Waals surface area (Å²) in [6.45, 7) is 1.50. The standard InChI is InChI=1S/C19H16N4OS/c1-13(24)21-17(11-14-6-3-2-4-7-14)19-23-22-18(25-19)16-9-5-8-15(10-16)12-20/h2-10,17H,11H2,1H3,(H,21,24). The highest BCUT2D eigenvalue weighted by Gasteiger charge is 2.19. The molecule has 0 aliphatic heterocycles. The highest BCUT2D eigenvalue weighted by Crippen LogP contribution is 2.29. The fraction of sp³-hybridized carbons (Fsp3) is 0.158. The summed E-state index contributed by atoms with van der Waals surface area (Å²) >= 11 is 1.43. The fourth-order valence-electron chi connectivity index (χ4n) is 2.51. The van der Waals surface area contributed by atoms with Crippen LogP contribution in [0.1, 0.15) is 29.1 Å². The van der Waals surface area contributed by atoms with Crippen LogP contribution in [0.4, 0.5) is 0 Å². The topological polar surface area (TPSA) is 78.7 Å². The first-order valence-corrected chi connectivity index (χ1v) is 8.62. The van der Waals surface area contributed by atoms with Gasteiger partial charge in [-0.05, 0) is 24.1 Å². The second kappa shape index (κ2) is 7.69. The molecular formula is C19H16N4OS. The Kier molecular flexibility index (Phi) is 5.17. The van der Waals surface area contributed by atoms with Gasteiger partial charge >= 0.3 is 0 Å². The SMILES string of the molecule is CC(=O)NC(Cc1ccccc1)c1nnc(-c2cccc(C#N)c2)s1. The van der Waals surface area contributed by atoms with Gasteiger partial charge in [0, 0.05) is 12.5 Å². The molecule has 3 aromatic rings. The van der Waals surface area contributed by atoms with Gasteiger partial charge in [-0.15, -0.1) is 10.2 Å². The summed E-state index contributed by atoms with van der Waals surface area (Å²) in [6, 6.07) is 19.1. The van der Waals surface area contributed by atoms with E-state index in [4.69, 9.17) is 5.26 Å². The molecule has 0 radical (unpaired) electrons. The van der Waals surface area contributed by atoms with Gasteiger partial charge in [-0.2, -0.15) is 5.26 Å². The van der Waals surface area contributed by atoms with E-state index in [0.29, 0.717) is 12.0 Å². The molecule has 0 fully saturated rings. The Morgan fingerprint density at radius 2 is 2.00 bits per heavy atom. The van der Waals surface area contributed by atoms with E-state index < -0.39 is 0 Å². The molecule has 25 heavy (non-hydrogen) atoms. The van der Waals surface area contributed by atoms with Crippen LogP contribution in [0, 0.1) is 11.3 Å². The molecule has 1 heterocycles. The quantitative estimate of drug-likeness (QED) is 0.765. The average Bonchev–Trinajstić information content (AvgIpc) is 3.12. The van der Waals surface area contributed by atoms with E-state index in [0.717, 1.165) is 21.1 Å². The maximum Gasteiger partial charge on any atom is 0.217 e. The summed E-state index contributed by atoms with van der Waals surface area (Å²) in [5.74, 6) is -0.107. The number of hydrogen-bond donors (Lipinski definition) is 1. The molecule has 1 amide bonds. The maximum atomic E-state index is 11.6. The van der Waals surface area contributed by atoms with Gasteiger partial charge < -0.3 is 5.32 Å². The number of carbonyl (C=O) groups is 1. The molecule has 1 unspecified atom stereocenters. The first-order valence-electron chi connectivity index (χ1n) is 7.80. The second-order valence-corrected chi connectivity index (χ2v) is 6.59. The lowest BCUT2D eigenvalue weighted by atomic mass is 10.1. The Morgan fingerprint density at radius 1 is 1.20 bits per heavy atom. The third-order valence-corrected chi connectivity index (χ3v) is 4.72. The molecule has 0 aliphatic carbocycles. The molecule has 0 bridgehead atoms. The number of aromatic nitrogens is 2. The Balaban J connectivity index is 1.88. The van der Waals surface area contributed by atoms with E-state index in [-0.39, 0.29) is 11.9 Å². The maximum absolute atomic E-state index is 11.6.